The van der Waals surface area contributed by atoms with Gasteiger partial charge in [0.25, 0.3) is 5.91 Å². The first-order valence-electron chi connectivity index (χ1n) is 12.3. The van der Waals surface area contributed by atoms with Gasteiger partial charge in [0.05, 0.1) is 36.5 Å². The fourth-order valence-electron chi connectivity index (χ4n) is 4.29. The fraction of sp³-hybridized carbons (Fsp3) is 0.250. The monoisotopic (exact) mass is 548 g/mol. The SMILES string of the molecule is N#Cc1ccc(-c2cnn(Cc3cccc(C(=O)Nc4nc5c(s4)CC(=NCCC(F)(F)F)CC5)c3)c2)cc1. The highest BCUT2D eigenvalue weighted by molar-refractivity contribution is 7.16. The third-order valence-corrected chi connectivity index (χ3v) is 7.27. The van der Waals surface area contributed by atoms with Crippen molar-refractivity contribution in [3.8, 4) is 17.2 Å². The number of alkyl halides is 3. The zero-order chi connectivity index (χ0) is 27.4. The Morgan fingerprint density at radius 2 is 1.97 bits per heavy atom. The number of anilines is 1. The number of carbonyl (C=O) groups excluding carboxylic acids is 1. The number of thiazole rings is 1. The van der Waals surface area contributed by atoms with Crippen molar-refractivity contribution in [2.45, 2.75) is 38.4 Å². The highest BCUT2D eigenvalue weighted by atomic mass is 32.1. The highest BCUT2D eigenvalue weighted by Crippen LogP contribution is 2.30. The van der Waals surface area contributed by atoms with Crippen LogP contribution in [0.5, 0.6) is 0 Å². The average Bonchev–Trinajstić information content (AvgIpc) is 3.54. The standard InChI is InChI=1S/C28H23F3N6OS/c29-28(30,31)10-11-33-23-8-9-24-25(13-23)39-27(35-24)36-26(38)21-3-1-2-19(12-21)16-37-17-22(15-34-37)20-6-4-18(14-32)5-7-20/h1-7,12,15,17H,8-11,13,16H2,(H,35,36,38). The Balaban J connectivity index is 1.21. The maximum Gasteiger partial charge on any atom is 0.390 e. The lowest BCUT2D eigenvalue weighted by molar-refractivity contribution is -0.132. The van der Waals surface area contributed by atoms with Crippen LogP contribution in [-0.4, -0.2) is 39.1 Å². The molecule has 1 aliphatic rings. The van der Waals surface area contributed by atoms with Crippen LogP contribution in [0.2, 0.25) is 0 Å². The summed E-state index contributed by atoms with van der Waals surface area (Å²) < 4.78 is 39.0. The number of benzene rings is 2. The van der Waals surface area contributed by atoms with Crippen LogP contribution < -0.4 is 5.32 Å². The van der Waals surface area contributed by atoms with Crippen LogP contribution in [0.1, 0.15) is 44.9 Å². The van der Waals surface area contributed by atoms with Gasteiger partial charge in [-0.1, -0.05) is 24.3 Å². The molecule has 0 spiro atoms. The Labute approximate surface area is 226 Å². The van der Waals surface area contributed by atoms with Gasteiger partial charge in [0.15, 0.2) is 5.13 Å². The molecule has 1 aliphatic carbocycles. The third-order valence-electron chi connectivity index (χ3n) is 6.26. The number of halogens is 3. The first-order valence-corrected chi connectivity index (χ1v) is 13.1. The second-order valence-corrected chi connectivity index (χ2v) is 10.2. The summed E-state index contributed by atoms with van der Waals surface area (Å²) in [7, 11) is 0. The largest absolute Gasteiger partial charge is 0.390 e. The van der Waals surface area contributed by atoms with Crippen LogP contribution in [0, 0.1) is 11.3 Å². The third kappa shape index (κ3) is 6.78. The Bertz CT molecular complexity index is 1560. The minimum atomic E-state index is -4.21. The summed E-state index contributed by atoms with van der Waals surface area (Å²) in [6, 6.07) is 16.6. The minimum absolute atomic E-state index is 0.262. The molecule has 0 unspecified atom stereocenters. The summed E-state index contributed by atoms with van der Waals surface area (Å²) in [5, 5.41) is 16.7. The van der Waals surface area contributed by atoms with Crippen molar-refractivity contribution in [1.29, 1.82) is 5.26 Å². The van der Waals surface area contributed by atoms with Gasteiger partial charge in [0.1, 0.15) is 0 Å². The van der Waals surface area contributed by atoms with E-state index in [1.807, 2.05) is 30.5 Å². The molecule has 11 heteroatoms. The number of rotatable bonds is 7. The molecule has 39 heavy (non-hydrogen) atoms. The Hall–Kier alpha value is -4.30. The van der Waals surface area contributed by atoms with Crippen LogP contribution >= 0.6 is 11.3 Å². The molecule has 198 valence electrons. The number of aryl methyl sites for hydroxylation is 1. The van der Waals surface area contributed by atoms with E-state index in [0.717, 1.165) is 33.0 Å². The summed E-state index contributed by atoms with van der Waals surface area (Å²) in [6.07, 6.45) is 0.163. The molecule has 2 aromatic heterocycles. The second kappa shape index (κ2) is 11.2. The number of hydrogen-bond acceptors (Lipinski definition) is 6. The first kappa shape index (κ1) is 26.3. The van der Waals surface area contributed by atoms with Gasteiger partial charge in [-0.25, -0.2) is 4.98 Å². The molecule has 5 rings (SSSR count). The molecule has 0 saturated carbocycles. The van der Waals surface area contributed by atoms with Crippen LogP contribution in [0.4, 0.5) is 18.3 Å². The zero-order valence-electron chi connectivity index (χ0n) is 20.7. The number of nitriles is 1. The van der Waals surface area contributed by atoms with Crippen molar-refractivity contribution in [3.63, 3.8) is 0 Å². The normalized spacial score (nSPS) is 14.2. The lowest BCUT2D eigenvalue weighted by Gasteiger charge is -2.12. The van der Waals surface area contributed by atoms with E-state index in [9.17, 15) is 18.0 Å². The number of hydrogen-bond donors (Lipinski definition) is 1. The van der Waals surface area contributed by atoms with Crippen molar-refractivity contribution in [1.82, 2.24) is 14.8 Å². The minimum Gasteiger partial charge on any atom is -0.298 e. The van der Waals surface area contributed by atoms with Gasteiger partial charge in [0.2, 0.25) is 0 Å². The summed E-state index contributed by atoms with van der Waals surface area (Å²) in [5.41, 5.74) is 5.45. The number of fused-ring (bicyclic) bond motifs is 1. The number of aromatic nitrogens is 3. The van der Waals surface area contributed by atoms with Crippen LogP contribution in [0.25, 0.3) is 11.1 Å². The molecule has 0 aliphatic heterocycles. The molecular weight excluding hydrogens is 525 g/mol. The van der Waals surface area contributed by atoms with Crippen molar-refractivity contribution in [2.24, 2.45) is 4.99 Å². The van der Waals surface area contributed by atoms with E-state index < -0.39 is 12.6 Å². The highest BCUT2D eigenvalue weighted by Gasteiger charge is 2.26. The fourth-order valence-corrected chi connectivity index (χ4v) is 5.32. The quantitative estimate of drug-likeness (QED) is 0.304. The van der Waals surface area contributed by atoms with E-state index in [1.165, 1.54) is 11.3 Å². The van der Waals surface area contributed by atoms with E-state index in [4.69, 9.17) is 5.26 Å². The van der Waals surface area contributed by atoms with Crippen molar-refractivity contribution in [3.05, 3.63) is 88.2 Å². The molecule has 1 amide bonds. The molecule has 2 aromatic carbocycles. The molecular formula is C28H23F3N6OS. The molecule has 1 N–H and O–H groups in total. The van der Waals surface area contributed by atoms with Crippen LogP contribution in [-0.2, 0) is 19.4 Å². The first-order chi connectivity index (χ1) is 18.8. The zero-order valence-corrected chi connectivity index (χ0v) is 21.5. The molecule has 0 radical (unpaired) electrons. The summed E-state index contributed by atoms with van der Waals surface area (Å²) in [4.78, 5) is 22.5. The maximum absolute atomic E-state index is 13.0. The lowest BCUT2D eigenvalue weighted by Crippen LogP contribution is -2.15. The molecule has 4 aromatic rings. The Morgan fingerprint density at radius 3 is 2.74 bits per heavy atom. The molecule has 7 nitrogen and oxygen atoms in total. The van der Waals surface area contributed by atoms with Crippen molar-refractivity contribution < 1.29 is 18.0 Å². The van der Waals surface area contributed by atoms with E-state index in [0.29, 0.717) is 42.1 Å². The predicted molar refractivity (Wildman–Crippen MR) is 143 cm³/mol. The van der Waals surface area contributed by atoms with Gasteiger partial charge in [-0.2, -0.15) is 23.5 Å². The topological polar surface area (TPSA) is 96.0 Å². The Kier molecular flexibility index (Phi) is 7.56. The number of nitrogens with zero attached hydrogens (tertiary/aromatic N) is 5. The van der Waals surface area contributed by atoms with Gasteiger partial charge in [-0.05, 0) is 48.2 Å². The van der Waals surface area contributed by atoms with Gasteiger partial charge in [0, 0.05) is 40.9 Å². The van der Waals surface area contributed by atoms with Gasteiger partial charge >= 0.3 is 6.18 Å². The lowest BCUT2D eigenvalue weighted by atomic mass is 10.0. The maximum atomic E-state index is 13.0. The number of aliphatic imine (C=N–C) groups is 1. The smallest absolute Gasteiger partial charge is 0.298 e. The average molecular weight is 549 g/mol. The van der Waals surface area contributed by atoms with E-state index in [-0.39, 0.29) is 12.5 Å². The van der Waals surface area contributed by atoms with E-state index in [1.54, 1.807) is 35.1 Å². The molecule has 0 atom stereocenters. The van der Waals surface area contributed by atoms with Crippen molar-refractivity contribution in [2.75, 3.05) is 11.9 Å². The second-order valence-electron chi connectivity index (χ2n) is 9.15. The summed E-state index contributed by atoms with van der Waals surface area (Å²) in [5.74, 6) is -0.291. The summed E-state index contributed by atoms with van der Waals surface area (Å²) >= 11 is 1.33. The van der Waals surface area contributed by atoms with Crippen molar-refractivity contribution >= 4 is 28.1 Å². The number of nitrogens with one attached hydrogen (secondary N) is 1. The Morgan fingerprint density at radius 1 is 1.15 bits per heavy atom. The molecule has 0 fully saturated rings. The van der Waals surface area contributed by atoms with Crippen LogP contribution in [0.15, 0.2) is 65.9 Å². The molecule has 0 bridgehead atoms. The number of amides is 1. The van der Waals surface area contributed by atoms with Gasteiger partial charge in [-0.3, -0.25) is 19.8 Å². The van der Waals surface area contributed by atoms with Gasteiger partial charge < -0.3 is 0 Å². The molecule has 0 saturated heterocycles. The van der Waals surface area contributed by atoms with E-state index >= 15 is 0 Å². The van der Waals surface area contributed by atoms with E-state index in [2.05, 4.69) is 26.5 Å². The van der Waals surface area contributed by atoms with Crippen LogP contribution in [0.3, 0.4) is 0 Å². The predicted octanol–water partition coefficient (Wildman–Crippen LogP) is 6.06. The summed E-state index contributed by atoms with van der Waals surface area (Å²) in [6.45, 7) is 0.210. The van der Waals surface area contributed by atoms with Gasteiger partial charge in [-0.15, -0.1) is 11.3 Å². The molecule has 2 heterocycles. The number of carbonyl (C=O) groups is 1.